The van der Waals surface area contributed by atoms with E-state index in [1.54, 1.807) is 6.26 Å². The van der Waals surface area contributed by atoms with Gasteiger partial charge in [-0.15, -0.1) is 0 Å². The van der Waals surface area contributed by atoms with E-state index in [1.807, 2.05) is 24.8 Å². The maximum absolute atomic E-state index is 12.2. The van der Waals surface area contributed by atoms with E-state index in [1.165, 1.54) is 0 Å². The van der Waals surface area contributed by atoms with Gasteiger partial charge in [-0.2, -0.15) is 0 Å². The van der Waals surface area contributed by atoms with Crippen molar-refractivity contribution in [1.82, 2.24) is 4.90 Å². The Morgan fingerprint density at radius 1 is 1.62 bits per heavy atom. The molecule has 1 fully saturated rings. The second-order valence-electron chi connectivity index (χ2n) is 4.56. The zero-order valence-corrected chi connectivity index (χ0v) is 9.77. The highest BCUT2D eigenvalue weighted by molar-refractivity contribution is 5.93. The SMILES string of the molecule is Cc1ccoc1C(=O)N1CCC(N)CC1C. The van der Waals surface area contributed by atoms with E-state index in [9.17, 15) is 4.79 Å². The average molecular weight is 222 g/mol. The first-order valence-corrected chi connectivity index (χ1v) is 5.70. The number of nitrogens with two attached hydrogens (primary N) is 1. The van der Waals surface area contributed by atoms with Gasteiger partial charge in [0.25, 0.3) is 5.91 Å². The number of hydrogen-bond acceptors (Lipinski definition) is 3. The zero-order chi connectivity index (χ0) is 11.7. The molecule has 1 saturated heterocycles. The monoisotopic (exact) mass is 222 g/mol. The van der Waals surface area contributed by atoms with E-state index in [0.717, 1.165) is 24.9 Å². The molecule has 1 aliphatic rings. The number of piperidine rings is 1. The third-order valence-corrected chi connectivity index (χ3v) is 3.23. The second kappa shape index (κ2) is 4.29. The molecule has 1 aromatic heterocycles. The number of carbonyl (C=O) groups is 1. The Balaban J connectivity index is 2.14. The molecular weight excluding hydrogens is 204 g/mol. The summed E-state index contributed by atoms with van der Waals surface area (Å²) in [5.74, 6) is 0.448. The Kier molecular flexibility index (Phi) is 3.01. The molecule has 16 heavy (non-hydrogen) atoms. The smallest absolute Gasteiger partial charge is 0.290 e. The number of rotatable bonds is 1. The lowest BCUT2D eigenvalue weighted by Gasteiger charge is -2.35. The number of carbonyl (C=O) groups excluding carboxylic acids is 1. The molecule has 2 N–H and O–H groups in total. The summed E-state index contributed by atoms with van der Waals surface area (Å²) in [6.45, 7) is 4.65. The first-order chi connectivity index (χ1) is 7.59. The summed E-state index contributed by atoms with van der Waals surface area (Å²) in [5, 5.41) is 0. The van der Waals surface area contributed by atoms with Gasteiger partial charge < -0.3 is 15.1 Å². The van der Waals surface area contributed by atoms with Crippen LogP contribution in [-0.4, -0.2) is 29.4 Å². The van der Waals surface area contributed by atoms with Crippen molar-refractivity contribution in [3.8, 4) is 0 Å². The minimum atomic E-state index is -0.0121. The van der Waals surface area contributed by atoms with Crippen LogP contribution in [0.15, 0.2) is 16.7 Å². The van der Waals surface area contributed by atoms with Gasteiger partial charge >= 0.3 is 0 Å². The van der Waals surface area contributed by atoms with Gasteiger partial charge in [0.05, 0.1) is 6.26 Å². The van der Waals surface area contributed by atoms with Gasteiger partial charge in [-0.05, 0) is 32.8 Å². The molecule has 0 radical (unpaired) electrons. The maximum Gasteiger partial charge on any atom is 0.290 e. The topological polar surface area (TPSA) is 59.5 Å². The first kappa shape index (κ1) is 11.2. The lowest BCUT2D eigenvalue weighted by Crippen LogP contribution is -2.48. The van der Waals surface area contributed by atoms with Crippen molar-refractivity contribution in [2.75, 3.05) is 6.54 Å². The summed E-state index contributed by atoms with van der Waals surface area (Å²) in [6.07, 6.45) is 3.30. The second-order valence-corrected chi connectivity index (χ2v) is 4.56. The van der Waals surface area contributed by atoms with E-state index in [-0.39, 0.29) is 18.0 Å². The predicted molar refractivity (Wildman–Crippen MR) is 61.2 cm³/mol. The van der Waals surface area contributed by atoms with Crippen molar-refractivity contribution >= 4 is 5.91 Å². The quantitative estimate of drug-likeness (QED) is 0.784. The van der Waals surface area contributed by atoms with E-state index < -0.39 is 0 Å². The van der Waals surface area contributed by atoms with Crippen LogP contribution in [0.25, 0.3) is 0 Å². The molecule has 2 atom stereocenters. The van der Waals surface area contributed by atoms with Gasteiger partial charge in [-0.1, -0.05) is 0 Å². The number of aryl methyl sites for hydroxylation is 1. The maximum atomic E-state index is 12.2. The van der Waals surface area contributed by atoms with Crippen molar-refractivity contribution in [3.05, 3.63) is 23.7 Å². The van der Waals surface area contributed by atoms with Crippen molar-refractivity contribution in [2.24, 2.45) is 5.73 Å². The van der Waals surface area contributed by atoms with Gasteiger partial charge in [-0.25, -0.2) is 0 Å². The number of furan rings is 1. The van der Waals surface area contributed by atoms with Gasteiger partial charge in [0.15, 0.2) is 5.76 Å². The highest BCUT2D eigenvalue weighted by Crippen LogP contribution is 2.20. The van der Waals surface area contributed by atoms with Crippen LogP contribution in [0, 0.1) is 6.92 Å². The van der Waals surface area contributed by atoms with E-state index in [4.69, 9.17) is 10.2 Å². The molecule has 1 amide bonds. The van der Waals surface area contributed by atoms with Gasteiger partial charge in [0.1, 0.15) is 0 Å². The first-order valence-electron chi connectivity index (χ1n) is 5.70. The van der Waals surface area contributed by atoms with Crippen molar-refractivity contribution in [3.63, 3.8) is 0 Å². The highest BCUT2D eigenvalue weighted by atomic mass is 16.3. The molecule has 88 valence electrons. The Morgan fingerprint density at radius 3 is 2.94 bits per heavy atom. The summed E-state index contributed by atoms with van der Waals surface area (Å²) in [7, 11) is 0. The Labute approximate surface area is 95.4 Å². The highest BCUT2D eigenvalue weighted by Gasteiger charge is 2.29. The Bertz CT molecular complexity index is 386. The summed E-state index contributed by atoms with van der Waals surface area (Å²) in [4.78, 5) is 14.0. The van der Waals surface area contributed by atoms with Crippen LogP contribution >= 0.6 is 0 Å². The fraction of sp³-hybridized carbons (Fsp3) is 0.583. The number of nitrogens with zero attached hydrogens (tertiary/aromatic N) is 1. The van der Waals surface area contributed by atoms with Crippen molar-refractivity contribution in [2.45, 2.75) is 38.8 Å². The molecule has 0 spiro atoms. The molecule has 0 bridgehead atoms. The number of likely N-dealkylation sites (tertiary alicyclic amines) is 1. The standard InChI is InChI=1S/C12H18N2O2/c1-8-4-6-16-11(8)12(15)14-5-3-10(13)7-9(14)2/h4,6,9-10H,3,5,7,13H2,1-2H3. The molecule has 1 aromatic rings. The zero-order valence-electron chi connectivity index (χ0n) is 9.77. The molecule has 2 unspecified atom stereocenters. The fourth-order valence-electron chi connectivity index (χ4n) is 2.23. The molecule has 2 rings (SSSR count). The van der Waals surface area contributed by atoms with E-state index in [0.29, 0.717) is 5.76 Å². The van der Waals surface area contributed by atoms with Crippen LogP contribution in [0.2, 0.25) is 0 Å². The van der Waals surface area contributed by atoms with Crippen LogP contribution in [0.5, 0.6) is 0 Å². The lowest BCUT2D eigenvalue weighted by atomic mass is 9.98. The minimum absolute atomic E-state index is 0.0121. The Morgan fingerprint density at radius 2 is 2.38 bits per heavy atom. The van der Waals surface area contributed by atoms with Gasteiger partial charge in [0.2, 0.25) is 0 Å². The van der Waals surface area contributed by atoms with Crippen LogP contribution < -0.4 is 5.73 Å². The third-order valence-electron chi connectivity index (χ3n) is 3.23. The van der Waals surface area contributed by atoms with Crippen molar-refractivity contribution in [1.29, 1.82) is 0 Å². The molecule has 4 heteroatoms. The van der Waals surface area contributed by atoms with Crippen LogP contribution in [0.1, 0.15) is 35.9 Å². The fourth-order valence-corrected chi connectivity index (χ4v) is 2.23. The molecule has 4 nitrogen and oxygen atoms in total. The van der Waals surface area contributed by atoms with Crippen LogP contribution in [-0.2, 0) is 0 Å². The summed E-state index contributed by atoms with van der Waals surface area (Å²) in [6, 6.07) is 2.23. The summed E-state index contributed by atoms with van der Waals surface area (Å²) < 4.78 is 5.23. The van der Waals surface area contributed by atoms with Gasteiger partial charge in [-0.3, -0.25) is 4.79 Å². The molecule has 0 aliphatic carbocycles. The minimum Gasteiger partial charge on any atom is -0.459 e. The summed E-state index contributed by atoms with van der Waals surface area (Å²) >= 11 is 0. The van der Waals surface area contributed by atoms with E-state index in [2.05, 4.69) is 0 Å². The van der Waals surface area contributed by atoms with E-state index >= 15 is 0 Å². The Hall–Kier alpha value is -1.29. The molecule has 1 aliphatic heterocycles. The number of hydrogen-bond donors (Lipinski definition) is 1. The summed E-state index contributed by atoms with van der Waals surface area (Å²) in [5.41, 5.74) is 6.77. The normalized spacial score (nSPS) is 25.8. The third kappa shape index (κ3) is 1.97. The van der Waals surface area contributed by atoms with Gasteiger partial charge in [0, 0.05) is 24.2 Å². The molecule has 2 heterocycles. The predicted octanol–water partition coefficient (Wildman–Crippen LogP) is 1.54. The van der Waals surface area contributed by atoms with Crippen molar-refractivity contribution < 1.29 is 9.21 Å². The van der Waals surface area contributed by atoms with Crippen LogP contribution in [0.4, 0.5) is 0 Å². The molecule has 0 saturated carbocycles. The average Bonchev–Trinajstić information content (AvgIpc) is 2.63. The molecule has 0 aromatic carbocycles. The number of amides is 1. The largest absolute Gasteiger partial charge is 0.459 e. The lowest BCUT2D eigenvalue weighted by molar-refractivity contribution is 0.0585. The van der Waals surface area contributed by atoms with Crippen LogP contribution in [0.3, 0.4) is 0 Å². The molecular formula is C12H18N2O2.